The van der Waals surface area contributed by atoms with Gasteiger partial charge in [0.05, 0.1) is 17.4 Å². The van der Waals surface area contributed by atoms with Gasteiger partial charge in [-0.1, -0.05) is 37.5 Å². The maximum absolute atomic E-state index is 13.0. The molecule has 4 fully saturated rings. The van der Waals surface area contributed by atoms with E-state index in [0.717, 1.165) is 25.1 Å². The Hall–Kier alpha value is -4.95. The van der Waals surface area contributed by atoms with E-state index in [9.17, 15) is 23.2 Å². The molecule has 1 atom stereocenters. The molecule has 3 aromatic heterocycles. The number of fused-ring (bicyclic) bond motifs is 1. The molecule has 12 nitrogen and oxygen atoms in total. The number of piperidine rings is 1. The number of imide groups is 1. The lowest BCUT2D eigenvalue weighted by atomic mass is 9.87. The predicted octanol–water partition coefficient (Wildman–Crippen LogP) is 6.90. The Balaban J connectivity index is 0.000000175. The number of benzene rings is 1. The highest BCUT2D eigenvalue weighted by Crippen LogP contribution is 2.38. The number of hydrogen-bond donors (Lipinski definition) is 2. The smallest absolute Gasteiger partial charge is 0.280 e. The fourth-order valence-corrected chi connectivity index (χ4v) is 8.38. The molecule has 8 rings (SSSR count). The molecule has 3 amide bonds. The molecule has 14 heteroatoms. The monoisotopic (exact) mass is 771 g/mol. The summed E-state index contributed by atoms with van der Waals surface area (Å²) in [7, 11) is 2.18. The molecule has 0 radical (unpaired) electrons. The van der Waals surface area contributed by atoms with Crippen LogP contribution in [-0.4, -0.2) is 86.3 Å². The second-order valence-electron chi connectivity index (χ2n) is 15.8. The van der Waals surface area contributed by atoms with Gasteiger partial charge in [0.25, 0.3) is 18.2 Å². The lowest BCUT2D eigenvalue weighted by molar-refractivity contribution is -0.138. The van der Waals surface area contributed by atoms with E-state index in [4.69, 9.17) is 14.5 Å². The van der Waals surface area contributed by atoms with Crippen LogP contribution < -0.4 is 20.1 Å². The minimum absolute atomic E-state index is 0.0620. The van der Waals surface area contributed by atoms with Crippen LogP contribution in [0.4, 0.5) is 14.6 Å². The summed E-state index contributed by atoms with van der Waals surface area (Å²) in [6, 6.07) is 13.9. The first-order chi connectivity index (χ1) is 26.9. The number of alkyl halides is 2. The number of imidazole rings is 1. The number of rotatable bonds is 10. The number of likely N-dealkylation sites (N-methyl/N-ethyl adjacent to an activating group) is 1. The van der Waals surface area contributed by atoms with E-state index < -0.39 is 24.1 Å². The molecule has 2 N–H and O–H groups in total. The highest BCUT2D eigenvalue weighted by atomic mass is 19.3. The van der Waals surface area contributed by atoms with Crippen molar-refractivity contribution >= 4 is 29.2 Å². The van der Waals surface area contributed by atoms with Gasteiger partial charge in [-0.15, -0.1) is 0 Å². The van der Waals surface area contributed by atoms with Crippen molar-refractivity contribution in [1.82, 2.24) is 29.5 Å². The second kappa shape index (κ2) is 17.0. The summed E-state index contributed by atoms with van der Waals surface area (Å²) in [4.78, 5) is 49.5. The summed E-state index contributed by atoms with van der Waals surface area (Å²) in [6.07, 6.45) is 9.50. The Morgan fingerprint density at radius 2 is 1.77 bits per heavy atom. The molecule has 4 aromatic rings. The van der Waals surface area contributed by atoms with Gasteiger partial charge < -0.3 is 24.1 Å². The zero-order valence-corrected chi connectivity index (χ0v) is 32.3. The van der Waals surface area contributed by atoms with Crippen LogP contribution >= 0.6 is 0 Å². The quantitative estimate of drug-likeness (QED) is 0.165. The molecule has 1 saturated carbocycles. The van der Waals surface area contributed by atoms with E-state index in [1.54, 1.807) is 12.3 Å². The number of amides is 3. The zero-order valence-electron chi connectivity index (χ0n) is 32.3. The first-order valence-electron chi connectivity index (χ1n) is 19.7. The third kappa shape index (κ3) is 9.18. The summed E-state index contributed by atoms with van der Waals surface area (Å²) >= 11 is 0. The van der Waals surface area contributed by atoms with Crippen molar-refractivity contribution in [1.29, 1.82) is 0 Å². The standard InChI is InChI=1S/C23H26F2N4O2.C19H25N3O3/c1-14(2)31-19-11-21-27-18(15-7-4-3-5-8-15)13-29(21)12-16(19)23(30)28-20-10-6-9-17(26-20)22(24)25;1-21-12-19(13-21)9-2-10-22(19)11-14-3-5-15(6-4-14)25-16-7-8-17(23)20-18(16)24/h6,9-15,22H,3-5,7-8H2,1-2H3,(H,26,28,30);3-6,16H,2,7-13H2,1H3,(H,20,23,24). The highest BCUT2D eigenvalue weighted by Gasteiger charge is 2.48. The van der Waals surface area contributed by atoms with Crippen molar-refractivity contribution in [3.63, 3.8) is 0 Å². The van der Waals surface area contributed by atoms with Crippen LogP contribution in [0.15, 0.2) is 60.9 Å². The zero-order chi connectivity index (χ0) is 39.4. The number of anilines is 1. The summed E-state index contributed by atoms with van der Waals surface area (Å²) < 4.78 is 39.3. The summed E-state index contributed by atoms with van der Waals surface area (Å²) in [5.41, 5.74) is 3.30. The van der Waals surface area contributed by atoms with Crippen LogP contribution in [0.1, 0.15) is 111 Å². The average molecular weight is 772 g/mol. The highest BCUT2D eigenvalue weighted by molar-refractivity contribution is 6.06. The molecule has 1 spiro atoms. The predicted molar refractivity (Wildman–Crippen MR) is 207 cm³/mol. The van der Waals surface area contributed by atoms with Crippen LogP contribution in [0, 0.1) is 0 Å². The first kappa shape index (κ1) is 39.3. The van der Waals surface area contributed by atoms with E-state index >= 15 is 0 Å². The van der Waals surface area contributed by atoms with Gasteiger partial charge in [-0.25, -0.2) is 18.7 Å². The van der Waals surface area contributed by atoms with Crippen LogP contribution in [0.25, 0.3) is 5.65 Å². The molecule has 298 valence electrons. The normalized spacial score (nSPS) is 20.2. The van der Waals surface area contributed by atoms with Crippen LogP contribution in [-0.2, 0) is 16.1 Å². The van der Waals surface area contributed by atoms with Gasteiger partial charge in [-0.2, -0.15) is 0 Å². The second-order valence-corrected chi connectivity index (χ2v) is 15.8. The third-order valence-electron chi connectivity index (χ3n) is 11.1. The lowest BCUT2D eigenvalue weighted by Crippen LogP contribution is -2.66. The van der Waals surface area contributed by atoms with Crippen LogP contribution in [0.2, 0.25) is 0 Å². The van der Waals surface area contributed by atoms with Gasteiger partial charge in [-0.05, 0) is 83.0 Å². The van der Waals surface area contributed by atoms with Crippen molar-refractivity contribution in [2.24, 2.45) is 0 Å². The maximum Gasteiger partial charge on any atom is 0.280 e. The number of hydrogen-bond acceptors (Lipinski definition) is 9. The topological polar surface area (TPSA) is 130 Å². The van der Waals surface area contributed by atoms with Crippen molar-refractivity contribution < 1.29 is 32.6 Å². The minimum atomic E-state index is -2.71. The molecule has 0 bridgehead atoms. The molecule has 4 aliphatic rings. The molecular formula is C42H51F2N7O5. The number of aromatic nitrogens is 3. The number of nitrogens with zero attached hydrogens (tertiary/aromatic N) is 5. The number of carbonyl (C=O) groups excluding carboxylic acids is 3. The molecule has 1 unspecified atom stereocenters. The van der Waals surface area contributed by atoms with Gasteiger partial charge in [0.1, 0.15) is 28.7 Å². The SMILES string of the molecule is CC(C)Oc1cc2nc(C3CCCCC3)cn2cc1C(=O)Nc1cccc(C(F)F)n1.CN1CC2(CCCN2Cc2ccc(OC3CCC(=O)NC3=O)cc2)C1. The van der Waals surface area contributed by atoms with Crippen molar-refractivity contribution in [3.8, 4) is 11.5 Å². The van der Waals surface area contributed by atoms with Gasteiger partial charge in [0.2, 0.25) is 5.91 Å². The van der Waals surface area contributed by atoms with Crippen molar-refractivity contribution in [2.45, 2.75) is 108 Å². The Bertz CT molecular complexity index is 2030. The average Bonchev–Trinajstić information content (AvgIpc) is 3.77. The van der Waals surface area contributed by atoms with Gasteiger partial charge in [0, 0.05) is 62.4 Å². The van der Waals surface area contributed by atoms with Crippen molar-refractivity contribution in [3.05, 3.63) is 83.4 Å². The van der Waals surface area contributed by atoms with Crippen LogP contribution in [0.3, 0.4) is 0 Å². The molecule has 6 heterocycles. The summed E-state index contributed by atoms with van der Waals surface area (Å²) in [6.45, 7) is 8.22. The minimum Gasteiger partial charge on any atom is -0.490 e. The number of ether oxygens (including phenoxy) is 2. The molecule has 3 saturated heterocycles. The van der Waals surface area contributed by atoms with Crippen molar-refractivity contribution in [2.75, 3.05) is 32.0 Å². The van der Waals surface area contributed by atoms with E-state index in [2.05, 4.69) is 44.6 Å². The Labute approximate surface area is 326 Å². The number of halogens is 2. The third-order valence-corrected chi connectivity index (χ3v) is 11.1. The van der Waals surface area contributed by atoms with Gasteiger partial charge in [-0.3, -0.25) is 24.6 Å². The van der Waals surface area contributed by atoms with E-state index in [-0.39, 0.29) is 29.3 Å². The molecular weight excluding hydrogens is 721 g/mol. The lowest BCUT2D eigenvalue weighted by Gasteiger charge is -2.51. The van der Waals surface area contributed by atoms with E-state index in [0.29, 0.717) is 41.4 Å². The maximum atomic E-state index is 13.0. The Morgan fingerprint density at radius 3 is 2.46 bits per heavy atom. The Kier molecular flexibility index (Phi) is 12.0. The fraction of sp³-hybridized carbons (Fsp3) is 0.500. The fourth-order valence-electron chi connectivity index (χ4n) is 8.38. The van der Waals surface area contributed by atoms with E-state index in [1.807, 2.05) is 36.6 Å². The van der Waals surface area contributed by atoms with E-state index in [1.165, 1.54) is 75.5 Å². The molecule has 1 aromatic carbocycles. The van der Waals surface area contributed by atoms with Gasteiger partial charge >= 0.3 is 0 Å². The van der Waals surface area contributed by atoms with Crippen LogP contribution in [0.5, 0.6) is 11.5 Å². The Morgan fingerprint density at radius 1 is 1.00 bits per heavy atom. The number of pyridine rings is 2. The molecule has 1 aliphatic carbocycles. The largest absolute Gasteiger partial charge is 0.490 e. The number of carbonyl (C=O) groups is 3. The number of nitrogens with one attached hydrogen (secondary N) is 2. The molecule has 56 heavy (non-hydrogen) atoms. The molecule has 3 aliphatic heterocycles. The first-order valence-corrected chi connectivity index (χ1v) is 19.7. The summed E-state index contributed by atoms with van der Waals surface area (Å²) in [5, 5.41) is 4.93. The summed E-state index contributed by atoms with van der Waals surface area (Å²) in [5.74, 6) is 0.524. The van der Waals surface area contributed by atoms with Gasteiger partial charge in [0.15, 0.2) is 6.10 Å². The number of likely N-dealkylation sites (tertiary alicyclic amines) is 2.